The van der Waals surface area contributed by atoms with Crippen LogP contribution in [-0.4, -0.2) is 88.7 Å². The second kappa shape index (κ2) is 15.9. The number of esters is 1. The van der Waals surface area contributed by atoms with E-state index in [-0.39, 0.29) is 43.3 Å². The van der Waals surface area contributed by atoms with Gasteiger partial charge in [-0.1, -0.05) is 76.1 Å². The molecule has 3 aliphatic heterocycles. The molecule has 4 rings (SSSR count). The number of carbonyl (C=O) groups is 4. The Balaban J connectivity index is 1.66. The summed E-state index contributed by atoms with van der Waals surface area (Å²) in [7, 11) is 0. The van der Waals surface area contributed by atoms with Gasteiger partial charge in [0, 0.05) is 19.5 Å². The van der Waals surface area contributed by atoms with Gasteiger partial charge in [0.2, 0.25) is 17.7 Å². The molecular weight excluding hydrogens is 586 g/mol. The second-order valence-corrected chi connectivity index (χ2v) is 13.1. The molecule has 0 unspecified atom stereocenters. The average molecular weight is 638 g/mol. The zero-order chi connectivity index (χ0) is 33.4. The first-order valence-corrected chi connectivity index (χ1v) is 16.8. The van der Waals surface area contributed by atoms with Gasteiger partial charge in [-0.05, 0) is 37.2 Å². The number of ether oxygens (including phenoxy) is 2. The molecule has 0 saturated carbocycles. The Morgan fingerprint density at radius 1 is 1.20 bits per heavy atom. The van der Waals surface area contributed by atoms with Crippen molar-refractivity contribution in [2.75, 3.05) is 26.3 Å². The van der Waals surface area contributed by atoms with Gasteiger partial charge < -0.3 is 29.7 Å². The number of benzene rings is 1. The van der Waals surface area contributed by atoms with Crippen LogP contribution in [0.25, 0.3) is 0 Å². The molecule has 3 saturated heterocycles. The largest absolute Gasteiger partial charge is 0.463 e. The Kier molecular flexibility index (Phi) is 12.2. The lowest BCUT2D eigenvalue weighted by atomic mass is 9.70. The van der Waals surface area contributed by atoms with Crippen LogP contribution < -0.4 is 5.32 Å². The van der Waals surface area contributed by atoms with E-state index in [0.29, 0.717) is 32.4 Å². The van der Waals surface area contributed by atoms with E-state index < -0.39 is 47.6 Å². The fourth-order valence-corrected chi connectivity index (χ4v) is 7.46. The van der Waals surface area contributed by atoms with Crippen molar-refractivity contribution in [3.63, 3.8) is 0 Å². The predicted octanol–water partition coefficient (Wildman–Crippen LogP) is 3.95. The first-order valence-electron chi connectivity index (χ1n) is 16.8. The standard InChI is InChI=1S/C36H51N3O7/c1-6-9-14-21-38(20-8-3)35(44)32-36-19-18-28(46-36)30(31(36)34(43)39(32)27(22-40)24(4)5)33(42)37-26(25-15-12-11-13-16-25)23-45-29(41)17-10-7-2/h7-8,11-13,15-16,24,26-28,30-32,40H,2-3,6,9-10,14,17-23H2,1,4-5H3,(H,37,42)/t26-,27-,28+,30-,31-,32+,36-/m0/s1. The number of allylic oxidation sites excluding steroid dienone is 1. The molecular formula is C36H51N3O7. The molecule has 10 heteroatoms. The molecule has 0 aromatic heterocycles. The summed E-state index contributed by atoms with van der Waals surface area (Å²) in [5.74, 6) is -3.23. The van der Waals surface area contributed by atoms with Crippen molar-refractivity contribution in [3.8, 4) is 0 Å². The fourth-order valence-electron chi connectivity index (χ4n) is 7.46. The predicted molar refractivity (Wildman–Crippen MR) is 174 cm³/mol. The third-order valence-electron chi connectivity index (χ3n) is 9.76. The van der Waals surface area contributed by atoms with Gasteiger partial charge in [-0.2, -0.15) is 0 Å². The maximum absolute atomic E-state index is 14.5. The minimum Gasteiger partial charge on any atom is -0.463 e. The molecule has 3 aliphatic rings. The number of likely N-dealkylation sites (tertiary alicyclic amines) is 1. The number of hydrogen-bond acceptors (Lipinski definition) is 7. The molecule has 3 heterocycles. The third kappa shape index (κ3) is 7.08. The van der Waals surface area contributed by atoms with Gasteiger partial charge >= 0.3 is 5.97 Å². The van der Waals surface area contributed by atoms with Crippen LogP contribution in [0.4, 0.5) is 0 Å². The smallest absolute Gasteiger partial charge is 0.306 e. The molecule has 0 aliphatic carbocycles. The highest BCUT2D eigenvalue weighted by Gasteiger charge is 2.75. The lowest BCUT2D eigenvalue weighted by Crippen LogP contribution is -2.59. The van der Waals surface area contributed by atoms with Crippen LogP contribution in [-0.2, 0) is 28.7 Å². The van der Waals surface area contributed by atoms with E-state index in [2.05, 4.69) is 25.4 Å². The van der Waals surface area contributed by atoms with Gasteiger partial charge in [0.05, 0.1) is 36.6 Å². The summed E-state index contributed by atoms with van der Waals surface area (Å²) in [6, 6.07) is 7.00. The summed E-state index contributed by atoms with van der Waals surface area (Å²) >= 11 is 0. The second-order valence-electron chi connectivity index (χ2n) is 13.1. The molecule has 10 nitrogen and oxygen atoms in total. The van der Waals surface area contributed by atoms with Crippen LogP contribution in [0.3, 0.4) is 0 Å². The van der Waals surface area contributed by atoms with Gasteiger partial charge in [-0.25, -0.2) is 0 Å². The highest BCUT2D eigenvalue weighted by atomic mass is 16.5. The highest BCUT2D eigenvalue weighted by Crippen LogP contribution is 2.59. The van der Waals surface area contributed by atoms with Crippen LogP contribution in [0.5, 0.6) is 0 Å². The number of aliphatic hydroxyl groups is 1. The topological polar surface area (TPSA) is 125 Å². The summed E-state index contributed by atoms with van der Waals surface area (Å²) in [6.07, 6.45) is 7.20. The van der Waals surface area contributed by atoms with E-state index in [1.807, 2.05) is 44.2 Å². The van der Waals surface area contributed by atoms with E-state index in [9.17, 15) is 24.3 Å². The quantitative estimate of drug-likeness (QED) is 0.142. The molecule has 3 amide bonds. The Bertz CT molecular complexity index is 1250. The van der Waals surface area contributed by atoms with Crippen molar-refractivity contribution in [2.24, 2.45) is 17.8 Å². The number of unbranched alkanes of at least 4 members (excludes halogenated alkanes) is 2. The van der Waals surface area contributed by atoms with Crippen LogP contribution in [0.15, 0.2) is 55.6 Å². The van der Waals surface area contributed by atoms with Gasteiger partial charge in [-0.15, -0.1) is 13.2 Å². The summed E-state index contributed by atoms with van der Waals surface area (Å²) < 4.78 is 12.2. The first kappa shape index (κ1) is 35.4. The average Bonchev–Trinajstić information content (AvgIpc) is 3.69. The summed E-state index contributed by atoms with van der Waals surface area (Å²) in [5, 5.41) is 13.6. The van der Waals surface area contributed by atoms with Gasteiger partial charge in [0.15, 0.2) is 0 Å². The monoisotopic (exact) mass is 637 g/mol. The van der Waals surface area contributed by atoms with Crippen molar-refractivity contribution < 1.29 is 33.8 Å². The highest BCUT2D eigenvalue weighted by molar-refractivity contribution is 5.99. The van der Waals surface area contributed by atoms with E-state index >= 15 is 0 Å². The van der Waals surface area contributed by atoms with E-state index in [4.69, 9.17) is 9.47 Å². The Morgan fingerprint density at radius 2 is 1.93 bits per heavy atom. The number of amides is 3. The number of aliphatic hydroxyl groups excluding tert-OH is 1. The number of nitrogens with one attached hydrogen (secondary N) is 1. The Hall–Kier alpha value is -3.50. The maximum atomic E-state index is 14.5. The van der Waals surface area contributed by atoms with Crippen molar-refractivity contribution in [1.29, 1.82) is 0 Å². The van der Waals surface area contributed by atoms with Crippen molar-refractivity contribution in [3.05, 3.63) is 61.2 Å². The maximum Gasteiger partial charge on any atom is 0.306 e. The molecule has 0 radical (unpaired) electrons. The Morgan fingerprint density at radius 3 is 2.57 bits per heavy atom. The van der Waals surface area contributed by atoms with Crippen LogP contribution in [0.2, 0.25) is 0 Å². The summed E-state index contributed by atoms with van der Waals surface area (Å²) in [6.45, 7) is 13.9. The molecule has 1 spiro atoms. The number of nitrogens with zero attached hydrogens (tertiary/aromatic N) is 2. The summed E-state index contributed by atoms with van der Waals surface area (Å²) in [5.41, 5.74) is -0.432. The molecule has 7 atom stereocenters. The van der Waals surface area contributed by atoms with E-state index in [0.717, 1.165) is 24.8 Å². The number of fused-ring (bicyclic) bond motifs is 1. The van der Waals surface area contributed by atoms with Gasteiger partial charge in [-0.3, -0.25) is 19.2 Å². The fraction of sp³-hybridized carbons (Fsp3) is 0.611. The van der Waals surface area contributed by atoms with E-state index in [1.54, 1.807) is 17.1 Å². The number of carbonyl (C=O) groups excluding carboxylic acids is 4. The van der Waals surface area contributed by atoms with Crippen LogP contribution in [0.1, 0.15) is 77.3 Å². The number of rotatable bonds is 18. The minimum atomic E-state index is -1.19. The molecule has 252 valence electrons. The lowest BCUT2D eigenvalue weighted by molar-refractivity contribution is -0.152. The molecule has 1 aromatic carbocycles. The van der Waals surface area contributed by atoms with Crippen molar-refractivity contribution >= 4 is 23.7 Å². The van der Waals surface area contributed by atoms with Crippen LogP contribution >= 0.6 is 0 Å². The zero-order valence-electron chi connectivity index (χ0n) is 27.6. The summed E-state index contributed by atoms with van der Waals surface area (Å²) in [4.78, 5) is 58.8. The molecule has 1 aromatic rings. The lowest BCUT2D eigenvalue weighted by Gasteiger charge is -2.40. The molecule has 2 N–H and O–H groups in total. The Labute approximate surface area is 273 Å². The zero-order valence-corrected chi connectivity index (χ0v) is 27.6. The van der Waals surface area contributed by atoms with Gasteiger partial charge in [0.1, 0.15) is 18.2 Å². The number of hydrogen-bond donors (Lipinski definition) is 2. The normalized spacial score (nSPS) is 26.0. The van der Waals surface area contributed by atoms with Gasteiger partial charge in [0.25, 0.3) is 0 Å². The third-order valence-corrected chi connectivity index (χ3v) is 9.76. The molecule has 2 bridgehead atoms. The minimum absolute atomic E-state index is 0.0742. The van der Waals surface area contributed by atoms with Crippen molar-refractivity contribution in [1.82, 2.24) is 15.1 Å². The molecule has 3 fully saturated rings. The first-order chi connectivity index (χ1) is 22.1. The van der Waals surface area contributed by atoms with Crippen LogP contribution in [0, 0.1) is 17.8 Å². The van der Waals surface area contributed by atoms with E-state index in [1.165, 1.54) is 4.90 Å². The van der Waals surface area contributed by atoms with Crippen molar-refractivity contribution in [2.45, 2.75) is 95.5 Å². The molecule has 46 heavy (non-hydrogen) atoms. The SMILES string of the molecule is C=CCCC(=O)OC[C@H](NC(=O)[C@@H]1[C@H]2C(=O)N([C@@H](CO)C(C)C)[C@H](C(=O)N(CC=C)CCCCC)[C@]23CC[C@H]1O3)c1ccccc1.